The summed E-state index contributed by atoms with van der Waals surface area (Å²) >= 11 is 0. The van der Waals surface area contributed by atoms with Crippen LogP contribution in [0.4, 0.5) is 0 Å². The third kappa shape index (κ3) is 1.61. The maximum absolute atomic E-state index is 9.04. The minimum atomic E-state index is 0.249. The van der Waals surface area contributed by atoms with Gasteiger partial charge in [0.25, 0.3) is 0 Å². The first kappa shape index (κ1) is 8.76. The van der Waals surface area contributed by atoms with Crippen molar-refractivity contribution < 1.29 is 5.11 Å². The monoisotopic (exact) mass is 176 g/mol. The number of aliphatic hydroxyl groups is 1. The van der Waals surface area contributed by atoms with Crippen LogP contribution in [0.25, 0.3) is 0 Å². The molecule has 1 aliphatic carbocycles. The molecule has 1 aromatic rings. The van der Waals surface area contributed by atoms with Crippen molar-refractivity contribution in [3.05, 3.63) is 34.9 Å². The summed E-state index contributed by atoms with van der Waals surface area (Å²) < 4.78 is 0. The predicted molar refractivity (Wildman–Crippen MR) is 54.0 cm³/mol. The fourth-order valence-electron chi connectivity index (χ4n) is 2.00. The van der Waals surface area contributed by atoms with E-state index < -0.39 is 0 Å². The number of hydrogen-bond donors (Lipinski definition) is 1. The maximum Gasteiger partial charge on any atom is 0.0497 e. The molecule has 1 nitrogen and oxygen atoms in total. The number of rotatable bonds is 2. The van der Waals surface area contributed by atoms with Crippen molar-refractivity contribution in [2.24, 2.45) is 0 Å². The predicted octanol–water partition coefficient (Wildman–Crippen LogP) is 2.27. The van der Waals surface area contributed by atoms with Crippen molar-refractivity contribution >= 4 is 0 Å². The normalized spacial score (nSPS) is 17.1. The molecular weight excluding hydrogens is 160 g/mol. The molecule has 0 fully saturated rings. The molecule has 0 saturated heterocycles. The molecule has 0 aliphatic heterocycles. The van der Waals surface area contributed by atoms with Gasteiger partial charge in [-0.2, -0.15) is 0 Å². The first-order valence-electron chi connectivity index (χ1n) is 5.04. The summed E-state index contributed by atoms with van der Waals surface area (Å²) in [6, 6.07) is 6.65. The average molecular weight is 176 g/mol. The lowest BCUT2D eigenvalue weighted by Gasteiger charge is -2.09. The third-order valence-electron chi connectivity index (χ3n) is 2.97. The molecule has 13 heavy (non-hydrogen) atoms. The Morgan fingerprint density at radius 3 is 2.85 bits per heavy atom. The van der Waals surface area contributed by atoms with Gasteiger partial charge in [-0.05, 0) is 36.0 Å². The van der Waals surface area contributed by atoms with Gasteiger partial charge in [0.15, 0.2) is 0 Å². The van der Waals surface area contributed by atoms with E-state index >= 15 is 0 Å². The first-order chi connectivity index (χ1) is 6.31. The number of aliphatic hydroxyl groups excluding tert-OH is 1. The van der Waals surface area contributed by atoms with Gasteiger partial charge in [0.2, 0.25) is 0 Å². The molecule has 0 saturated carbocycles. The highest BCUT2D eigenvalue weighted by atomic mass is 16.3. The number of fused-ring (bicyclic) bond motifs is 1. The molecule has 1 atom stereocenters. The van der Waals surface area contributed by atoms with Crippen LogP contribution >= 0.6 is 0 Å². The van der Waals surface area contributed by atoms with Gasteiger partial charge in [-0.15, -0.1) is 0 Å². The van der Waals surface area contributed by atoms with Crippen LogP contribution in [0.2, 0.25) is 0 Å². The smallest absolute Gasteiger partial charge is 0.0497 e. The van der Waals surface area contributed by atoms with Gasteiger partial charge in [0.1, 0.15) is 0 Å². The van der Waals surface area contributed by atoms with Gasteiger partial charge in [0, 0.05) is 12.5 Å². The van der Waals surface area contributed by atoms with Gasteiger partial charge in [0.05, 0.1) is 0 Å². The lowest BCUT2D eigenvalue weighted by Crippen LogP contribution is -1.99. The molecule has 0 radical (unpaired) electrons. The van der Waals surface area contributed by atoms with Crippen LogP contribution in [0.15, 0.2) is 18.2 Å². The molecule has 2 rings (SSSR count). The summed E-state index contributed by atoms with van der Waals surface area (Å²) in [5, 5.41) is 9.04. The van der Waals surface area contributed by atoms with E-state index in [1.807, 2.05) is 0 Å². The molecule has 70 valence electrons. The van der Waals surface area contributed by atoms with Crippen molar-refractivity contribution in [3.8, 4) is 0 Å². The molecule has 0 bridgehead atoms. The van der Waals surface area contributed by atoms with Crippen LogP contribution in [0.1, 0.15) is 36.0 Å². The van der Waals surface area contributed by atoms with Crippen LogP contribution in [0, 0.1) is 0 Å². The molecule has 0 spiro atoms. The highest BCUT2D eigenvalue weighted by molar-refractivity contribution is 5.36. The van der Waals surface area contributed by atoms with Crippen LogP contribution in [-0.2, 0) is 12.8 Å². The quantitative estimate of drug-likeness (QED) is 0.733. The van der Waals surface area contributed by atoms with Crippen molar-refractivity contribution in [3.63, 3.8) is 0 Å². The fourth-order valence-corrected chi connectivity index (χ4v) is 2.00. The lowest BCUT2D eigenvalue weighted by atomic mass is 9.98. The van der Waals surface area contributed by atoms with E-state index in [9.17, 15) is 0 Å². The molecule has 1 heteroatoms. The second-order valence-corrected chi connectivity index (χ2v) is 3.97. The molecular formula is C12H16O. The van der Waals surface area contributed by atoms with Crippen molar-refractivity contribution in [1.82, 2.24) is 0 Å². The maximum atomic E-state index is 9.04. The Bertz CT molecular complexity index is 304. The number of aryl methyl sites for hydroxylation is 2. The summed E-state index contributed by atoms with van der Waals surface area (Å²) in [5.41, 5.74) is 4.29. The SMILES string of the molecule is C[C@H](CO)c1ccc2c(c1)CCC2. The summed E-state index contributed by atoms with van der Waals surface area (Å²) in [4.78, 5) is 0. The Kier molecular flexibility index (Phi) is 2.36. The summed E-state index contributed by atoms with van der Waals surface area (Å²) in [7, 11) is 0. The third-order valence-corrected chi connectivity index (χ3v) is 2.97. The molecule has 1 aromatic carbocycles. The second kappa shape index (κ2) is 3.51. The zero-order chi connectivity index (χ0) is 9.26. The Hall–Kier alpha value is -0.820. The number of benzene rings is 1. The average Bonchev–Trinajstić information content (AvgIpc) is 2.63. The molecule has 0 aromatic heterocycles. The van der Waals surface area contributed by atoms with Crippen LogP contribution < -0.4 is 0 Å². The van der Waals surface area contributed by atoms with E-state index in [0.717, 1.165) is 0 Å². The zero-order valence-electron chi connectivity index (χ0n) is 8.09. The lowest BCUT2D eigenvalue weighted by molar-refractivity contribution is 0.273. The van der Waals surface area contributed by atoms with Crippen molar-refractivity contribution in [2.45, 2.75) is 32.1 Å². The number of hydrogen-bond acceptors (Lipinski definition) is 1. The summed E-state index contributed by atoms with van der Waals surface area (Å²) in [5.74, 6) is 0.283. The van der Waals surface area contributed by atoms with Gasteiger partial charge >= 0.3 is 0 Å². The summed E-state index contributed by atoms with van der Waals surface area (Å²) in [6.07, 6.45) is 3.76. The Morgan fingerprint density at radius 2 is 2.08 bits per heavy atom. The van der Waals surface area contributed by atoms with Gasteiger partial charge in [-0.3, -0.25) is 0 Å². The first-order valence-corrected chi connectivity index (χ1v) is 5.04. The van der Waals surface area contributed by atoms with Gasteiger partial charge < -0.3 is 5.11 Å². The molecule has 1 aliphatic rings. The van der Waals surface area contributed by atoms with Crippen molar-refractivity contribution in [1.29, 1.82) is 0 Å². The van der Waals surface area contributed by atoms with E-state index in [1.165, 1.54) is 36.0 Å². The minimum absolute atomic E-state index is 0.249. The van der Waals surface area contributed by atoms with E-state index in [-0.39, 0.29) is 12.5 Å². The Morgan fingerprint density at radius 1 is 1.31 bits per heavy atom. The Balaban J connectivity index is 2.30. The van der Waals surface area contributed by atoms with E-state index in [1.54, 1.807) is 0 Å². The largest absolute Gasteiger partial charge is 0.396 e. The highest BCUT2D eigenvalue weighted by Gasteiger charge is 2.12. The van der Waals surface area contributed by atoms with E-state index in [0.29, 0.717) is 0 Å². The van der Waals surface area contributed by atoms with Gasteiger partial charge in [-0.1, -0.05) is 25.1 Å². The summed E-state index contributed by atoms with van der Waals surface area (Å²) in [6.45, 7) is 2.31. The zero-order valence-corrected chi connectivity index (χ0v) is 8.09. The van der Waals surface area contributed by atoms with Crippen LogP contribution in [0.3, 0.4) is 0 Å². The Labute approximate surface area is 79.4 Å². The minimum Gasteiger partial charge on any atom is -0.396 e. The van der Waals surface area contributed by atoms with Gasteiger partial charge in [-0.25, -0.2) is 0 Å². The van der Waals surface area contributed by atoms with Crippen LogP contribution in [-0.4, -0.2) is 11.7 Å². The van der Waals surface area contributed by atoms with E-state index in [2.05, 4.69) is 25.1 Å². The van der Waals surface area contributed by atoms with Crippen molar-refractivity contribution in [2.75, 3.05) is 6.61 Å². The molecule has 0 unspecified atom stereocenters. The fraction of sp³-hybridized carbons (Fsp3) is 0.500. The standard InChI is InChI=1S/C12H16O/c1-9(8-13)11-6-5-10-3-2-4-12(10)7-11/h5-7,9,13H,2-4,8H2,1H3/t9-/m1/s1. The molecule has 1 N–H and O–H groups in total. The molecule has 0 heterocycles. The second-order valence-electron chi connectivity index (χ2n) is 3.97. The molecule has 0 amide bonds. The van der Waals surface area contributed by atoms with Crippen LogP contribution in [0.5, 0.6) is 0 Å². The topological polar surface area (TPSA) is 20.2 Å². The highest BCUT2D eigenvalue weighted by Crippen LogP contribution is 2.25. The van der Waals surface area contributed by atoms with E-state index in [4.69, 9.17) is 5.11 Å².